The van der Waals surface area contributed by atoms with Crippen molar-refractivity contribution >= 4 is 5.90 Å². The lowest BCUT2D eigenvalue weighted by Crippen LogP contribution is -2.10. The Hall–Kier alpha value is -3.79. The molecule has 0 spiro atoms. The Morgan fingerprint density at radius 2 is 1.24 bits per heavy atom. The summed E-state index contributed by atoms with van der Waals surface area (Å²) < 4.78 is 6.36. The highest BCUT2D eigenvalue weighted by Crippen LogP contribution is 2.40. The molecule has 0 fully saturated rings. The number of benzene rings is 2. The number of aromatic nitrogens is 2. The van der Waals surface area contributed by atoms with Crippen LogP contribution in [0.4, 0.5) is 0 Å². The van der Waals surface area contributed by atoms with Crippen LogP contribution in [0.1, 0.15) is 29.0 Å². The highest BCUT2D eigenvalue weighted by atomic mass is 16.5. The molecule has 5 rings (SSSR count). The molecule has 0 bridgehead atoms. The molecule has 4 aromatic rings. The molecule has 0 radical (unpaired) electrons. The van der Waals surface area contributed by atoms with Gasteiger partial charge in [0, 0.05) is 6.20 Å². The molecule has 29 heavy (non-hydrogen) atoms. The molecule has 2 atom stereocenters. The molecular weight excluding hydrogens is 358 g/mol. The Morgan fingerprint density at radius 1 is 0.586 bits per heavy atom. The Balaban J connectivity index is 1.54. The van der Waals surface area contributed by atoms with Gasteiger partial charge in [-0.3, -0.25) is 4.98 Å². The topological polar surface area (TPSA) is 47.4 Å². The van der Waals surface area contributed by atoms with Gasteiger partial charge >= 0.3 is 0 Å². The van der Waals surface area contributed by atoms with Crippen molar-refractivity contribution in [1.82, 2.24) is 9.97 Å². The van der Waals surface area contributed by atoms with Crippen LogP contribution in [-0.4, -0.2) is 15.9 Å². The fraction of sp³-hybridized carbons (Fsp3) is 0.0800. The minimum atomic E-state index is -0.186. The second kappa shape index (κ2) is 7.68. The number of rotatable bonds is 4. The van der Waals surface area contributed by atoms with Gasteiger partial charge in [-0.15, -0.1) is 0 Å². The molecule has 4 heteroatoms. The maximum absolute atomic E-state index is 6.36. The molecule has 0 amide bonds. The smallest absolute Gasteiger partial charge is 0.236 e. The van der Waals surface area contributed by atoms with Crippen LogP contribution in [0.3, 0.4) is 0 Å². The zero-order chi connectivity index (χ0) is 19.5. The third-order valence-corrected chi connectivity index (χ3v) is 4.95. The summed E-state index contributed by atoms with van der Waals surface area (Å²) in [5, 5.41) is 0. The minimum Gasteiger partial charge on any atom is -0.465 e. The van der Waals surface area contributed by atoms with Gasteiger partial charge in [-0.25, -0.2) is 9.98 Å². The van der Waals surface area contributed by atoms with Crippen LogP contribution >= 0.6 is 0 Å². The van der Waals surface area contributed by atoms with E-state index < -0.39 is 0 Å². The summed E-state index contributed by atoms with van der Waals surface area (Å²) in [5.41, 5.74) is 4.56. The van der Waals surface area contributed by atoms with Crippen molar-refractivity contribution in [3.05, 3.63) is 120 Å². The lowest BCUT2D eigenvalue weighted by molar-refractivity contribution is 0.196. The zero-order valence-electron chi connectivity index (χ0n) is 15.7. The quantitative estimate of drug-likeness (QED) is 0.478. The van der Waals surface area contributed by atoms with E-state index in [0.29, 0.717) is 11.6 Å². The van der Waals surface area contributed by atoms with E-state index in [0.717, 1.165) is 22.5 Å². The van der Waals surface area contributed by atoms with Gasteiger partial charge in [0.15, 0.2) is 6.10 Å². The molecule has 0 aliphatic carbocycles. The van der Waals surface area contributed by atoms with Crippen molar-refractivity contribution in [2.75, 3.05) is 0 Å². The summed E-state index contributed by atoms with van der Waals surface area (Å²) in [6.45, 7) is 0. The standard InChI is InChI=1S/C25H19N3O/c1-3-10-18(11-4-1)23-24(19-12-5-2-6-13-19)29-25(28-23)22-16-9-15-21(27-22)20-14-7-8-17-26-20/h1-17,23-24H. The SMILES string of the molecule is c1ccc(C2N=C(c3cccc(-c4ccccn4)n3)OC2c2ccccc2)cc1. The summed E-state index contributed by atoms with van der Waals surface area (Å²) in [6.07, 6.45) is 1.58. The summed E-state index contributed by atoms with van der Waals surface area (Å²) >= 11 is 0. The Morgan fingerprint density at radius 3 is 1.97 bits per heavy atom. The summed E-state index contributed by atoms with van der Waals surface area (Å²) in [5.74, 6) is 0.561. The third-order valence-electron chi connectivity index (χ3n) is 4.95. The van der Waals surface area contributed by atoms with Gasteiger partial charge in [0.2, 0.25) is 5.90 Å². The second-order valence-electron chi connectivity index (χ2n) is 6.86. The van der Waals surface area contributed by atoms with Gasteiger partial charge in [-0.1, -0.05) is 72.8 Å². The molecule has 1 aliphatic rings. The van der Waals surface area contributed by atoms with Crippen LogP contribution < -0.4 is 0 Å². The molecule has 3 heterocycles. The molecule has 140 valence electrons. The van der Waals surface area contributed by atoms with Gasteiger partial charge in [-0.05, 0) is 35.4 Å². The molecular formula is C25H19N3O. The Labute approximate surface area is 169 Å². The van der Waals surface area contributed by atoms with E-state index in [4.69, 9.17) is 14.7 Å². The molecule has 1 aliphatic heterocycles. The van der Waals surface area contributed by atoms with E-state index >= 15 is 0 Å². The molecule has 2 aromatic carbocycles. The monoisotopic (exact) mass is 377 g/mol. The molecule has 4 nitrogen and oxygen atoms in total. The maximum atomic E-state index is 6.36. The molecule has 2 unspecified atom stereocenters. The zero-order valence-corrected chi connectivity index (χ0v) is 15.7. The van der Waals surface area contributed by atoms with Crippen molar-refractivity contribution in [3.63, 3.8) is 0 Å². The number of ether oxygens (including phenoxy) is 1. The molecule has 2 aromatic heterocycles. The lowest BCUT2D eigenvalue weighted by Gasteiger charge is -2.18. The van der Waals surface area contributed by atoms with Gasteiger partial charge in [0.1, 0.15) is 11.7 Å². The summed E-state index contributed by atoms with van der Waals surface area (Å²) in [6, 6.07) is 32.0. The fourth-order valence-electron chi connectivity index (χ4n) is 3.54. The van der Waals surface area contributed by atoms with Crippen LogP contribution in [0, 0.1) is 0 Å². The van der Waals surface area contributed by atoms with Crippen LogP contribution in [0.2, 0.25) is 0 Å². The number of hydrogen-bond donors (Lipinski definition) is 0. The first-order valence-electron chi connectivity index (χ1n) is 9.62. The van der Waals surface area contributed by atoms with Gasteiger partial charge in [-0.2, -0.15) is 0 Å². The number of pyridine rings is 2. The third kappa shape index (κ3) is 3.52. The maximum Gasteiger partial charge on any atom is 0.236 e. The highest BCUT2D eigenvalue weighted by Gasteiger charge is 2.34. The molecule has 0 N–H and O–H groups in total. The highest BCUT2D eigenvalue weighted by molar-refractivity contribution is 5.94. The number of nitrogens with zero attached hydrogens (tertiary/aromatic N) is 3. The Bertz CT molecular complexity index is 1130. The van der Waals surface area contributed by atoms with E-state index in [1.807, 2.05) is 72.8 Å². The van der Waals surface area contributed by atoms with Crippen molar-refractivity contribution in [1.29, 1.82) is 0 Å². The van der Waals surface area contributed by atoms with E-state index in [1.54, 1.807) is 6.20 Å². The van der Waals surface area contributed by atoms with Crippen molar-refractivity contribution in [2.45, 2.75) is 12.1 Å². The van der Waals surface area contributed by atoms with Gasteiger partial charge in [0.25, 0.3) is 0 Å². The van der Waals surface area contributed by atoms with Gasteiger partial charge < -0.3 is 4.74 Å². The largest absolute Gasteiger partial charge is 0.465 e. The summed E-state index contributed by atoms with van der Waals surface area (Å²) in [4.78, 5) is 14.1. The first-order valence-corrected chi connectivity index (χ1v) is 9.62. The van der Waals surface area contributed by atoms with E-state index in [1.165, 1.54) is 0 Å². The van der Waals surface area contributed by atoms with Crippen molar-refractivity contribution in [3.8, 4) is 11.4 Å². The predicted octanol–water partition coefficient (Wildman–Crippen LogP) is 5.40. The van der Waals surface area contributed by atoms with E-state index in [9.17, 15) is 0 Å². The summed E-state index contributed by atoms with van der Waals surface area (Å²) in [7, 11) is 0. The average molecular weight is 377 g/mol. The first kappa shape index (κ1) is 17.3. The predicted molar refractivity (Wildman–Crippen MR) is 113 cm³/mol. The van der Waals surface area contributed by atoms with Crippen molar-refractivity contribution in [2.24, 2.45) is 4.99 Å². The number of hydrogen-bond acceptors (Lipinski definition) is 4. The average Bonchev–Trinajstić information content (AvgIpc) is 3.27. The normalized spacial score (nSPS) is 18.1. The van der Waals surface area contributed by atoms with Gasteiger partial charge in [0.05, 0.1) is 11.4 Å². The number of aliphatic imine (C=N–C) groups is 1. The molecule has 0 saturated carbocycles. The molecule has 0 saturated heterocycles. The van der Waals surface area contributed by atoms with E-state index in [2.05, 4.69) is 29.2 Å². The lowest BCUT2D eigenvalue weighted by atomic mass is 9.97. The fourth-order valence-corrected chi connectivity index (χ4v) is 3.54. The minimum absolute atomic E-state index is 0.117. The first-order chi connectivity index (χ1) is 14.4. The van der Waals surface area contributed by atoms with Crippen LogP contribution in [-0.2, 0) is 4.74 Å². The van der Waals surface area contributed by atoms with Crippen LogP contribution in [0.5, 0.6) is 0 Å². The van der Waals surface area contributed by atoms with Crippen molar-refractivity contribution < 1.29 is 4.74 Å². The van der Waals surface area contributed by atoms with Crippen LogP contribution in [0.15, 0.2) is 108 Å². The second-order valence-corrected chi connectivity index (χ2v) is 6.86. The van der Waals surface area contributed by atoms with E-state index in [-0.39, 0.29) is 12.1 Å². The Kier molecular flexibility index (Phi) is 4.59. The van der Waals surface area contributed by atoms with Crippen LogP contribution in [0.25, 0.3) is 11.4 Å².